The van der Waals surface area contributed by atoms with Crippen molar-refractivity contribution in [3.63, 3.8) is 0 Å². The van der Waals surface area contributed by atoms with Crippen LogP contribution in [0, 0.1) is 0 Å². The third-order valence-electron chi connectivity index (χ3n) is 4.59. The number of aromatic hydroxyl groups is 1. The Kier molecular flexibility index (Phi) is 4.87. The third-order valence-corrected chi connectivity index (χ3v) is 6.17. The number of halogens is 1. The summed E-state index contributed by atoms with van der Waals surface area (Å²) < 4.78 is 1.00. The van der Waals surface area contributed by atoms with Gasteiger partial charge < -0.3 is 5.11 Å². The molecule has 2 heterocycles. The van der Waals surface area contributed by atoms with E-state index in [9.17, 15) is 14.7 Å². The highest BCUT2D eigenvalue weighted by molar-refractivity contribution is 7.99. The summed E-state index contributed by atoms with van der Waals surface area (Å²) in [6, 6.07) is 15.2. The van der Waals surface area contributed by atoms with Gasteiger partial charge in [-0.25, -0.2) is 4.79 Å². The van der Waals surface area contributed by atoms with Crippen LogP contribution in [0.15, 0.2) is 68.0 Å². The zero-order chi connectivity index (χ0) is 19.8. The molecule has 1 atom stereocenters. The minimum absolute atomic E-state index is 0.0124. The fraction of sp³-hybridized carbons (Fsp3) is 0.150. The molecule has 3 aromatic rings. The second-order valence-electron chi connectivity index (χ2n) is 6.41. The van der Waals surface area contributed by atoms with E-state index in [0.29, 0.717) is 22.8 Å². The number of H-pyrrole nitrogens is 1. The number of aromatic nitrogens is 2. The highest BCUT2D eigenvalue weighted by Crippen LogP contribution is 2.45. The summed E-state index contributed by atoms with van der Waals surface area (Å²) in [6.45, 7) is 0. The first-order valence-electron chi connectivity index (χ1n) is 8.55. The monoisotopic (exact) mass is 413 g/mol. The first kappa shape index (κ1) is 18.6. The summed E-state index contributed by atoms with van der Waals surface area (Å²) in [5.74, 6) is -0.397. The van der Waals surface area contributed by atoms with Gasteiger partial charge in [-0.3, -0.25) is 19.3 Å². The molecule has 1 aliphatic heterocycles. The van der Waals surface area contributed by atoms with Crippen molar-refractivity contribution in [1.29, 1.82) is 0 Å². The van der Waals surface area contributed by atoms with Crippen LogP contribution in [0.4, 0.5) is 5.69 Å². The van der Waals surface area contributed by atoms with E-state index in [-0.39, 0.29) is 10.8 Å². The summed E-state index contributed by atoms with van der Waals surface area (Å²) in [4.78, 5) is 32.1. The van der Waals surface area contributed by atoms with Gasteiger partial charge in [0.15, 0.2) is 0 Å². The molecule has 0 fully saturated rings. The minimum atomic E-state index is -0.676. The van der Waals surface area contributed by atoms with Crippen molar-refractivity contribution >= 4 is 34.8 Å². The number of aliphatic imine (C=N–C) groups is 1. The second kappa shape index (κ2) is 7.33. The van der Waals surface area contributed by atoms with Gasteiger partial charge in [-0.05, 0) is 29.8 Å². The van der Waals surface area contributed by atoms with Gasteiger partial charge in [-0.1, -0.05) is 35.9 Å². The van der Waals surface area contributed by atoms with Crippen molar-refractivity contribution in [3.8, 4) is 5.88 Å². The van der Waals surface area contributed by atoms with Crippen LogP contribution in [-0.4, -0.2) is 20.4 Å². The normalized spacial score (nSPS) is 16.2. The lowest BCUT2D eigenvalue weighted by atomic mass is 10.0. The predicted octanol–water partition coefficient (Wildman–Crippen LogP) is 3.79. The lowest BCUT2D eigenvalue weighted by Crippen LogP contribution is -2.32. The first-order valence-corrected chi connectivity index (χ1v) is 9.81. The Morgan fingerprint density at radius 3 is 2.64 bits per heavy atom. The average molecular weight is 414 g/mol. The number of benzene rings is 2. The Hall–Kier alpha value is -2.77. The molecule has 1 aromatic heterocycles. The van der Waals surface area contributed by atoms with Gasteiger partial charge in [0.25, 0.3) is 5.56 Å². The van der Waals surface area contributed by atoms with E-state index in [4.69, 9.17) is 11.6 Å². The second-order valence-corrected chi connectivity index (χ2v) is 8.09. The van der Waals surface area contributed by atoms with Gasteiger partial charge >= 0.3 is 5.69 Å². The van der Waals surface area contributed by atoms with Crippen LogP contribution in [0.3, 0.4) is 0 Å². The molecule has 2 N–H and O–H groups in total. The zero-order valence-corrected chi connectivity index (χ0v) is 16.4. The molecule has 0 bridgehead atoms. The Morgan fingerprint density at radius 1 is 1.18 bits per heavy atom. The summed E-state index contributed by atoms with van der Waals surface area (Å²) in [5.41, 5.74) is 0.847. The number of hydrogen-bond donors (Lipinski definition) is 2. The van der Waals surface area contributed by atoms with Gasteiger partial charge in [0, 0.05) is 28.6 Å². The van der Waals surface area contributed by atoms with E-state index in [1.807, 2.05) is 48.5 Å². The highest BCUT2D eigenvalue weighted by atomic mass is 35.5. The molecule has 28 heavy (non-hydrogen) atoms. The Bertz CT molecular complexity index is 1200. The summed E-state index contributed by atoms with van der Waals surface area (Å²) in [5, 5.41) is 11.1. The lowest BCUT2D eigenvalue weighted by Gasteiger charge is -2.16. The fourth-order valence-corrected chi connectivity index (χ4v) is 4.46. The summed E-state index contributed by atoms with van der Waals surface area (Å²) >= 11 is 7.66. The van der Waals surface area contributed by atoms with Gasteiger partial charge in [-0.15, -0.1) is 11.8 Å². The molecule has 1 aliphatic rings. The number of hydrogen-bond acceptors (Lipinski definition) is 5. The molecule has 8 heteroatoms. The fourth-order valence-electron chi connectivity index (χ4n) is 3.10. The minimum Gasteiger partial charge on any atom is -0.494 e. The molecule has 0 amide bonds. The lowest BCUT2D eigenvalue weighted by molar-refractivity contribution is 0.416. The van der Waals surface area contributed by atoms with Crippen LogP contribution in [0.5, 0.6) is 5.88 Å². The van der Waals surface area contributed by atoms with Gasteiger partial charge in [0.2, 0.25) is 5.88 Å². The highest BCUT2D eigenvalue weighted by Gasteiger charge is 2.26. The quantitative estimate of drug-likeness (QED) is 0.669. The molecule has 0 unspecified atom stereocenters. The van der Waals surface area contributed by atoms with E-state index >= 15 is 0 Å². The molecule has 142 valence electrons. The maximum Gasteiger partial charge on any atom is 0.330 e. The number of aromatic amines is 1. The predicted molar refractivity (Wildman–Crippen MR) is 111 cm³/mol. The van der Waals surface area contributed by atoms with E-state index in [1.54, 1.807) is 11.8 Å². The van der Waals surface area contributed by atoms with Crippen LogP contribution in [0.25, 0.3) is 0 Å². The first-order chi connectivity index (χ1) is 13.4. The summed E-state index contributed by atoms with van der Waals surface area (Å²) in [7, 11) is 1.40. The van der Waals surface area contributed by atoms with Crippen molar-refractivity contribution in [3.05, 3.63) is 85.5 Å². The van der Waals surface area contributed by atoms with Crippen LogP contribution in [0.2, 0.25) is 5.02 Å². The molecule has 0 saturated carbocycles. The molecule has 0 aliphatic carbocycles. The smallest absolute Gasteiger partial charge is 0.330 e. The Balaban J connectivity index is 1.90. The maximum atomic E-state index is 12.5. The molecule has 4 rings (SSSR count). The molecule has 6 nitrogen and oxygen atoms in total. The number of nitrogens with zero attached hydrogens (tertiary/aromatic N) is 2. The van der Waals surface area contributed by atoms with E-state index in [2.05, 4.69) is 9.98 Å². The largest absolute Gasteiger partial charge is 0.494 e. The Labute approximate surface area is 169 Å². The SMILES string of the molecule is Cn1c(O)c(C2=Nc3ccccc3S[C@H](c3ccc(Cl)cc3)C2)c(=O)[nH]c1=O. The number of nitrogens with one attached hydrogen (secondary N) is 1. The van der Waals surface area contributed by atoms with Crippen molar-refractivity contribution in [2.75, 3.05) is 0 Å². The van der Waals surface area contributed by atoms with Crippen molar-refractivity contribution < 1.29 is 5.11 Å². The van der Waals surface area contributed by atoms with E-state index in [0.717, 1.165) is 15.0 Å². The van der Waals surface area contributed by atoms with E-state index in [1.165, 1.54) is 7.05 Å². The number of thioether (sulfide) groups is 1. The topological polar surface area (TPSA) is 87.4 Å². The standard InChI is InChI=1S/C20H16ClN3O3S/c1-24-19(26)17(18(25)23-20(24)27)14-10-16(11-6-8-12(21)9-7-11)28-15-5-3-2-4-13(15)22-14/h2-9,16,26H,10H2,1H3,(H,23,25,27)/t16-/m0/s1. The van der Waals surface area contributed by atoms with Crippen molar-refractivity contribution in [1.82, 2.24) is 9.55 Å². The van der Waals surface area contributed by atoms with Gasteiger partial charge in [-0.2, -0.15) is 0 Å². The molecule has 0 saturated heterocycles. The van der Waals surface area contributed by atoms with Crippen molar-refractivity contribution in [2.24, 2.45) is 12.0 Å². The average Bonchev–Trinajstić information content (AvgIpc) is 2.86. The molecule has 2 aromatic carbocycles. The number of fused-ring (bicyclic) bond motifs is 1. The molecular weight excluding hydrogens is 398 g/mol. The molecule has 0 spiro atoms. The van der Waals surface area contributed by atoms with Gasteiger partial charge in [0.1, 0.15) is 5.56 Å². The number of rotatable bonds is 2. The number of para-hydroxylation sites is 1. The van der Waals surface area contributed by atoms with Crippen LogP contribution in [-0.2, 0) is 7.05 Å². The zero-order valence-electron chi connectivity index (χ0n) is 14.8. The van der Waals surface area contributed by atoms with Crippen LogP contribution >= 0.6 is 23.4 Å². The summed E-state index contributed by atoms with van der Waals surface area (Å²) in [6.07, 6.45) is 0.399. The maximum absolute atomic E-state index is 12.5. The molecule has 0 radical (unpaired) electrons. The van der Waals surface area contributed by atoms with Crippen LogP contribution in [0.1, 0.15) is 22.8 Å². The van der Waals surface area contributed by atoms with E-state index < -0.39 is 17.1 Å². The van der Waals surface area contributed by atoms with Gasteiger partial charge in [0.05, 0.1) is 11.4 Å². The molecular formula is C20H16ClN3O3S. The third kappa shape index (κ3) is 3.39. The Morgan fingerprint density at radius 2 is 1.89 bits per heavy atom. The van der Waals surface area contributed by atoms with Crippen LogP contribution < -0.4 is 11.2 Å². The van der Waals surface area contributed by atoms with Crippen molar-refractivity contribution in [2.45, 2.75) is 16.6 Å².